The lowest BCUT2D eigenvalue weighted by molar-refractivity contribution is 0.571. The van der Waals surface area contributed by atoms with E-state index in [9.17, 15) is 12.8 Å². The number of fused-ring (bicyclic) bond motifs is 1. The summed E-state index contributed by atoms with van der Waals surface area (Å²) in [4.78, 5) is 0. The molecule has 1 aliphatic carbocycles. The zero-order chi connectivity index (χ0) is 21.6. The first-order valence-electron chi connectivity index (χ1n) is 10.1. The molecule has 8 heteroatoms. The van der Waals surface area contributed by atoms with E-state index in [0.29, 0.717) is 29.8 Å². The first-order chi connectivity index (χ1) is 14.1. The molecule has 0 spiro atoms. The van der Waals surface area contributed by atoms with Crippen LogP contribution in [-0.4, -0.2) is 30.8 Å². The van der Waals surface area contributed by atoms with Crippen molar-refractivity contribution in [1.82, 2.24) is 9.61 Å². The maximum atomic E-state index is 13.3. The summed E-state index contributed by atoms with van der Waals surface area (Å²) in [7, 11) is -3.43. The number of pyridine rings is 1. The highest BCUT2D eigenvalue weighted by Crippen LogP contribution is 2.46. The van der Waals surface area contributed by atoms with E-state index in [1.807, 2.05) is 12.3 Å². The van der Waals surface area contributed by atoms with Crippen LogP contribution in [0.2, 0.25) is 0 Å². The molecular weight excluding hydrogens is 469 g/mol. The van der Waals surface area contributed by atoms with Crippen molar-refractivity contribution in [2.75, 3.05) is 17.1 Å². The SMILES string of the molecule is CC(C)CCN(c1cn2nc(-c3ccc(F)cc3)c(Br)c2cc1C1CC1)S(C)(=O)=O. The fourth-order valence-corrected chi connectivity index (χ4v) is 5.18. The van der Waals surface area contributed by atoms with Crippen LogP contribution < -0.4 is 4.31 Å². The van der Waals surface area contributed by atoms with Crippen molar-refractivity contribution in [1.29, 1.82) is 0 Å². The van der Waals surface area contributed by atoms with Gasteiger partial charge in [0.1, 0.15) is 11.5 Å². The van der Waals surface area contributed by atoms with E-state index in [0.717, 1.165) is 40.4 Å². The fraction of sp³-hybridized carbons (Fsp3) is 0.409. The maximum Gasteiger partial charge on any atom is 0.232 e. The quantitative estimate of drug-likeness (QED) is 0.430. The monoisotopic (exact) mass is 493 g/mol. The van der Waals surface area contributed by atoms with Crippen molar-refractivity contribution in [3.8, 4) is 11.3 Å². The molecule has 2 heterocycles. The van der Waals surface area contributed by atoms with Gasteiger partial charge in [-0.15, -0.1) is 0 Å². The van der Waals surface area contributed by atoms with Crippen molar-refractivity contribution in [2.45, 2.75) is 39.0 Å². The molecule has 0 aliphatic heterocycles. The third kappa shape index (κ3) is 4.25. The van der Waals surface area contributed by atoms with Gasteiger partial charge in [0.25, 0.3) is 0 Å². The minimum atomic E-state index is -3.43. The number of nitrogens with zero attached hydrogens (tertiary/aromatic N) is 3. The summed E-state index contributed by atoms with van der Waals surface area (Å²) in [5.74, 6) is 0.460. The highest BCUT2D eigenvalue weighted by molar-refractivity contribution is 9.10. The number of hydrogen-bond acceptors (Lipinski definition) is 3. The third-order valence-electron chi connectivity index (χ3n) is 5.43. The van der Waals surface area contributed by atoms with E-state index in [1.54, 1.807) is 16.6 Å². The van der Waals surface area contributed by atoms with Crippen molar-refractivity contribution in [3.63, 3.8) is 0 Å². The van der Waals surface area contributed by atoms with Gasteiger partial charge in [-0.25, -0.2) is 17.3 Å². The molecule has 0 bridgehead atoms. The van der Waals surface area contributed by atoms with Crippen LogP contribution in [0.1, 0.15) is 44.6 Å². The summed E-state index contributed by atoms with van der Waals surface area (Å²) in [6, 6.07) is 8.24. The Morgan fingerprint density at radius 3 is 2.50 bits per heavy atom. The van der Waals surface area contributed by atoms with Crippen LogP contribution in [0.5, 0.6) is 0 Å². The van der Waals surface area contributed by atoms with Crippen molar-refractivity contribution in [2.24, 2.45) is 5.92 Å². The summed E-state index contributed by atoms with van der Waals surface area (Å²) in [5.41, 5.74) is 4.11. The molecule has 0 amide bonds. The molecule has 3 aromatic rings. The Morgan fingerprint density at radius 2 is 1.93 bits per heavy atom. The highest BCUT2D eigenvalue weighted by atomic mass is 79.9. The Balaban J connectivity index is 1.87. The summed E-state index contributed by atoms with van der Waals surface area (Å²) in [5, 5.41) is 4.68. The van der Waals surface area contributed by atoms with Gasteiger partial charge >= 0.3 is 0 Å². The van der Waals surface area contributed by atoms with E-state index in [-0.39, 0.29) is 5.82 Å². The Bertz CT molecular complexity index is 1190. The van der Waals surface area contributed by atoms with Gasteiger partial charge in [0, 0.05) is 12.1 Å². The molecule has 0 atom stereocenters. The Morgan fingerprint density at radius 1 is 1.27 bits per heavy atom. The van der Waals surface area contributed by atoms with Crippen LogP contribution in [0.15, 0.2) is 41.0 Å². The lowest BCUT2D eigenvalue weighted by atomic mass is 10.1. The molecule has 1 saturated carbocycles. The molecule has 30 heavy (non-hydrogen) atoms. The smallest absolute Gasteiger partial charge is 0.232 e. The summed E-state index contributed by atoms with van der Waals surface area (Å²) in [6.45, 7) is 4.62. The average Bonchev–Trinajstić information content (AvgIpc) is 3.46. The number of anilines is 1. The van der Waals surface area contributed by atoms with Crippen LogP contribution in [0.3, 0.4) is 0 Å². The standard InChI is InChI=1S/C22H25BrFN3O2S/c1-14(2)10-11-27(30(3,28)29)20-13-26-19(12-18(20)15-4-5-15)21(23)22(25-26)16-6-8-17(24)9-7-16/h6-9,12-15H,4-5,10-11H2,1-3H3. The molecule has 1 aliphatic rings. The molecule has 2 aromatic heterocycles. The number of hydrogen-bond donors (Lipinski definition) is 0. The lowest BCUT2D eigenvalue weighted by Crippen LogP contribution is -2.32. The van der Waals surface area contributed by atoms with Crippen LogP contribution in [-0.2, 0) is 10.0 Å². The van der Waals surface area contributed by atoms with Crippen molar-refractivity contribution in [3.05, 3.63) is 52.4 Å². The van der Waals surface area contributed by atoms with Crippen LogP contribution in [0.25, 0.3) is 16.8 Å². The Hall–Kier alpha value is -1.93. The molecule has 1 aromatic carbocycles. The van der Waals surface area contributed by atoms with Crippen LogP contribution in [0, 0.1) is 11.7 Å². The van der Waals surface area contributed by atoms with E-state index in [2.05, 4.69) is 34.9 Å². The second kappa shape index (κ2) is 7.96. The molecule has 4 rings (SSSR count). The Labute approximate surface area is 185 Å². The third-order valence-corrected chi connectivity index (χ3v) is 7.40. The topological polar surface area (TPSA) is 54.7 Å². The average molecular weight is 494 g/mol. The van der Waals surface area contributed by atoms with Gasteiger partial charge in [-0.05, 0) is 82.9 Å². The summed E-state index contributed by atoms with van der Waals surface area (Å²) >= 11 is 3.65. The van der Waals surface area contributed by atoms with E-state index in [1.165, 1.54) is 22.7 Å². The van der Waals surface area contributed by atoms with E-state index < -0.39 is 10.0 Å². The van der Waals surface area contributed by atoms with Gasteiger partial charge in [-0.1, -0.05) is 13.8 Å². The highest BCUT2D eigenvalue weighted by Gasteiger charge is 2.31. The lowest BCUT2D eigenvalue weighted by Gasteiger charge is -2.26. The predicted molar refractivity (Wildman–Crippen MR) is 122 cm³/mol. The number of sulfonamides is 1. The van der Waals surface area contributed by atoms with Crippen molar-refractivity contribution < 1.29 is 12.8 Å². The van der Waals surface area contributed by atoms with Gasteiger partial charge in [0.15, 0.2) is 0 Å². The molecule has 0 unspecified atom stereocenters. The largest absolute Gasteiger partial charge is 0.269 e. The zero-order valence-electron chi connectivity index (χ0n) is 17.3. The molecule has 1 fully saturated rings. The maximum absolute atomic E-state index is 13.3. The molecular formula is C22H25BrFN3O2S. The van der Waals surface area contributed by atoms with E-state index >= 15 is 0 Å². The Kier molecular flexibility index (Phi) is 5.66. The second-order valence-electron chi connectivity index (χ2n) is 8.41. The first kappa shape index (κ1) is 21.3. The minimum absolute atomic E-state index is 0.300. The minimum Gasteiger partial charge on any atom is -0.269 e. The number of rotatable bonds is 7. The van der Waals surface area contributed by atoms with Crippen LogP contribution in [0.4, 0.5) is 10.1 Å². The summed E-state index contributed by atoms with van der Waals surface area (Å²) in [6.07, 6.45) is 5.97. The van der Waals surface area contributed by atoms with Crippen LogP contribution >= 0.6 is 15.9 Å². The van der Waals surface area contributed by atoms with Gasteiger partial charge in [-0.3, -0.25) is 4.31 Å². The number of benzene rings is 1. The van der Waals surface area contributed by atoms with Gasteiger partial charge in [0.2, 0.25) is 10.0 Å². The number of aromatic nitrogens is 2. The fourth-order valence-electron chi connectivity index (χ4n) is 3.63. The van der Waals surface area contributed by atoms with Crippen molar-refractivity contribution >= 4 is 37.2 Å². The molecule has 5 nitrogen and oxygen atoms in total. The summed E-state index contributed by atoms with van der Waals surface area (Å²) < 4.78 is 42.7. The number of halogens is 2. The van der Waals surface area contributed by atoms with E-state index in [4.69, 9.17) is 0 Å². The molecule has 160 valence electrons. The van der Waals surface area contributed by atoms with Gasteiger partial charge in [-0.2, -0.15) is 5.10 Å². The normalized spacial score (nSPS) is 14.6. The molecule has 0 radical (unpaired) electrons. The first-order valence-corrected chi connectivity index (χ1v) is 12.7. The predicted octanol–water partition coefficient (Wildman–Crippen LogP) is 5.59. The second-order valence-corrected chi connectivity index (χ2v) is 11.1. The van der Waals surface area contributed by atoms with Gasteiger partial charge in [0.05, 0.1) is 28.1 Å². The van der Waals surface area contributed by atoms with Gasteiger partial charge < -0.3 is 0 Å². The molecule has 0 saturated heterocycles. The zero-order valence-corrected chi connectivity index (χ0v) is 19.7. The molecule has 0 N–H and O–H groups in total.